The van der Waals surface area contributed by atoms with Crippen molar-refractivity contribution in [3.63, 3.8) is 0 Å². The smallest absolute Gasteiger partial charge is 0.137 e. The van der Waals surface area contributed by atoms with E-state index < -0.39 is 0 Å². The first-order valence-electron chi connectivity index (χ1n) is 16.9. The maximum atomic E-state index is 6.21. The Kier molecular flexibility index (Phi) is 11.3. The molecule has 6 heteroatoms. The second-order valence-electron chi connectivity index (χ2n) is 16.4. The van der Waals surface area contributed by atoms with Crippen LogP contribution >= 0.6 is 0 Å². The van der Waals surface area contributed by atoms with Crippen molar-refractivity contribution >= 4 is 11.3 Å². The lowest BCUT2D eigenvalue weighted by atomic mass is 9.83. The number of fused-ring (bicyclic) bond motifs is 1. The third-order valence-corrected chi connectivity index (χ3v) is 8.23. The molecule has 2 N–H and O–H groups in total. The van der Waals surface area contributed by atoms with Crippen molar-refractivity contribution in [2.24, 2.45) is 5.41 Å². The number of nitrogens with zero attached hydrogens (tertiary/aromatic N) is 2. The Hall–Kier alpha value is -3.35. The van der Waals surface area contributed by atoms with Gasteiger partial charge in [-0.2, -0.15) is 0 Å². The monoisotopic (exact) mass is 626 g/mol. The summed E-state index contributed by atoms with van der Waals surface area (Å²) >= 11 is 0. The van der Waals surface area contributed by atoms with E-state index in [1.54, 1.807) is 0 Å². The molecule has 4 aromatic rings. The van der Waals surface area contributed by atoms with Crippen LogP contribution in [0.4, 0.5) is 5.69 Å². The summed E-state index contributed by atoms with van der Waals surface area (Å²) in [7, 11) is 0. The highest BCUT2D eigenvalue weighted by atomic mass is 16.5. The van der Waals surface area contributed by atoms with Crippen LogP contribution in [0.1, 0.15) is 104 Å². The van der Waals surface area contributed by atoms with E-state index in [1.165, 1.54) is 22.4 Å². The molecule has 250 valence electrons. The molecule has 0 fully saturated rings. The number of benzene rings is 2. The van der Waals surface area contributed by atoms with Crippen LogP contribution in [0.2, 0.25) is 0 Å². The van der Waals surface area contributed by atoms with Crippen molar-refractivity contribution in [2.45, 2.75) is 112 Å². The number of ether oxygens (including phenoxy) is 2. The molecule has 0 bridgehead atoms. The molecule has 2 aromatic heterocycles. The van der Waals surface area contributed by atoms with Crippen LogP contribution in [0.15, 0.2) is 73.1 Å². The van der Waals surface area contributed by atoms with Crippen LogP contribution in [-0.2, 0) is 23.2 Å². The first-order chi connectivity index (χ1) is 21.5. The molecule has 4 rings (SSSR count). The summed E-state index contributed by atoms with van der Waals surface area (Å²) in [6, 6.07) is 21.6. The summed E-state index contributed by atoms with van der Waals surface area (Å²) in [5.41, 5.74) is 7.20. The summed E-state index contributed by atoms with van der Waals surface area (Å²) in [5.74, 6) is 0.858. The van der Waals surface area contributed by atoms with Gasteiger partial charge in [0.1, 0.15) is 18.0 Å². The van der Waals surface area contributed by atoms with E-state index in [9.17, 15) is 0 Å². The van der Waals surface area contributed by atoms with Crippen molar-refractivity contribution in [2.75, 3.05) is 25.1 Å². The van der Waals surface area contributed by atoms with Crippen molar-refractivity contribution in [1.29, 1.82) is 0 Å². The van der Waals surface area contributed by atoms with Gasteiger partial charge in [-0.1, -0.05) is 71.0 Å². The zero-order chi connectivity index (χ0) is 33.6. The Bertz CT molecular complexity index is 1540. The maximum absolute atomic E-state index is 6.21. The van der Waals surface area contributed by atoms with E-state index in [4.69, 9.17) is 14.5 Å². The normalized spacial score (nSPS) is 12.9. The van der Waals surface area contributed by atoms with Crippen LogP contribution in [0.25, 0.3) is 5.65 Å². The fourth-order valence-corrected chi connectivity index (χ4v) is 5.41. The van der Waals surface area contributed by atoms with Gasteiger partial charge >= 0.3 is 0 Å². The molecule has 2 heterocycles. The molecule has 0 spiro atoms. The molecule has 0 unspecified atom stereocenters. The van der Waals surface area contributed by atoms with Crippen LogP contribution in [-0.4, -0.2) is 40.2 Å². The molecule has 2 aromatic carbocycles. The number of rotatable bonds is 15. The van der Waals surface area contributed by atoms with Crippen LogP contribution in [0, 0.1) is 5.41 Å². The average Bonchev–Trinajstić information content (AvgIpc) is 3.39. The van der Waals surface area contributed by atoms with E-state index in [0.717, 1.165) is 49.5 Å². The number of aromatic nitrogens is 2. The van der Waals surface area contributed by atoms with Crippen LogP contribution < -0.4 is 15.4 Å². The minimum atomic E-state index is 0.00863. The second-order valence-corrected chi connectivity index (χ2v) is 16.4. The van der Waals surface area contributed by atoms with Gasteiger partial charge in [-0.05, 0) is 100 Å². The van der Waals surface area contributed by atoms with Gasteiger partial charge in [0, 0.05) is 34.9 Å². The van der Waals surface area contributed by atoms with Crippen LogP contribution in [0.3, 0.4) is 0 Å². The lowest BCUT2D eigenvalue weighted by Crippen LogP contribution is -2.42. The van der Waals surface area contributed by atoms with E-state index in [2.05, 4.69) is 139 Å². The predicted octanol–water partition coefficient (Wildman–Crippen LogP) is 9.20. The third-order valence-electron chi connectivity index (χ3n) is 8.23. The van der Waals surface area contributed by atoms with E-state index >= 15 is 0 Å². The first kappa shape index (κ1) is 35.5. The summed E-state index contributed by atoms with van der Waals surface area (Å²) in [6.45, 7) is 25.0. The highest BCUT2D eigenvalue weighted by Gasteiger charge is 2.24. The SMILES string of the molecule is CC(C)(CCC(C)(C)NCCOc1ccc2nc(C(C)(C)C)cn2c1)COCc1ccc(Cc2cccc(NC(C)(C)C)c2)cc1. The molecule has 6 nitrogen and oxygen atoms in total. The molecular weight excluding hydrogens is 568 g/mol. The van der Waals surface area contributed by atoms with Gasteiger partial charge in [0.2, 0.25) is 0 Å². The Balaban J connectivity index is 1.15. The van der Waals surface area contributed by atoms with E-state index in [1.807, 2.05) is 18.3 Å². The highest BCUT2D eigenvalue weighted by molar-refractivity contribution is 5.48. The number of pyridine rings is 1. The lowest BCUT2D eigenvalue weighted by Gasteiger charge is -2.32. The quantitative estimate of drug-likeness (QED) is 0.129. The first-order valence-corrected chi connectivity index (χ1v) is 16.9. The van der Waals surface area contributed by atoms with Gasteiger partial charge < -0.3 is 24.5 Å². The van der Waals surface area contributed by atoms with Gasteiger partial charge in [-0.15, -0.1) is 0 Å². The molecule has 0 saturated heterocycles. The Labute approximate surface area is 278 Å². The molecule has 0 saturated carbocycles. The lowest BCUT2D eigenvalue weighted by molar-refractivity contribution is 0.0425. The Morgan fingerprint density at radius 1 is 0.761 bits per heavy atom. The fourth-order valence-electron chi connectivity index (χ4n) is 5.41. The summed E-state index contributed by atoms with van der Waals surface area (Å²) in [6.07, 6.45) is 7.16. The third kappa shape index (κ3) is 11.5. The van der Waals surface area contributed by atoms with Gasteiger partial charge in [-0.25, -0.2) is 4.98 Å². The number of anilines is 1. The fraction of sp³-hybridized carbons (Fsp3) is 0.525. The standard InChI is InChI=1S/C40H58N4O2/c1-37(2,3)35-27-44-26-34(18-19-36(44)42-35)46-23-22-41-40(9,10)21-20-39(7,8)29-45-28-31-16-14-30(15-17-31)24-32-12-11-13-33(25-32)43-38(4,5)6/h11-19,25-27,41,43H,20-24,28-29H2,1-10H3. The highest BCUT2D eigenvalue weighted by Crippen LogP contribution is 2.28. The molecule has 0 radical (unpaired) electrons. The van der Waals surface area contributed by atoms with Gasteiger partial charge in [0.05, 0.1) is 25.1 Å². The largest absolute Gasteiger partial charge is 0.491 e. The molecule has 0 aliphatic carbocycles. The minimum absolute atomic E-state index is 0.00863. The van der Waals surface area contributed by atoms with Crippen molar-refractivity contribution in [3.05, 3.63) is 95.4 Å². The number of nitrogens with one attached hydrogen (secondary N) is 2. The van der Waals surface area contributed by atoms with Crippen molar-refractivity contribution < 1.29 is 9.47 Å². The minimum Gasteiger partial charge on any atom is -0.491 e. The molecule has 0 atom stereocenters. The topological polar surface area (TPSA) is 59.8 Å². The molecule has 46 heavy (non-hydrogen) atoms. The summed E-state index contributed by atoms with van der Waals surface area (Å²) in [4.78, 5) is 4.74. The van der Waals surface area contributed by atoms with Crippen molar-refractivity contribution in [1.82, 2.24) is 14.7 Å². The van der Waals surface area contributed by atoms with Gasteiger partial charge in [0.15, 0.2) is 0 Å². The maximum Gasteiger partial charge on any atom is 0.137 e. The van der Waals surface area contributed by atoms with Crippen molar-refractivity contribution in [3.8, 4) is 5.75 Å². The van der Waals surface area contributed by atoms with E-state index in [-0.39, 0.29) is 21.9 Å². The zero-order valence-electron chi connectivity index (χ0n) is 30.1. The van der Waals surface area contributed by atoms with Crippen LogP contribution in [0.5, 0.6) is 5.75 Å². The number of hydrogen-bond acceptors (Lipinski definition) is 5. The summed E-state index contributed by atoms with van der Waals surface area (Å²) in [5, 5.41) is 7.26. The second kappa shape index (κ2) is 14.6. The zero-order valence-corrected chi connectivity index (χ0v) is 30.1. The number of imidazole rings is 1. The Morgan fingerprint density at radius 3 is 2.17 bits per heavy atom. The summed E-state index contributed by atoms with van der Waals surface area (Å²) < 4.78 is 14.3. The van der Waals surface area contributed by atoms with Gasteiger partial charge in [-0.3, -0.25) is 0 Å². The molecule has 0 amide bonds. The Morgan fingerprint density at radius 2 is 1.48 bits per heavy atom. The average molecular weight is 627 g/mol. The molecule has 0 aliphatic heterocycles. The number of hydrogen-bond donors (Lipinski definition) is 2. The molecular formula is C40H58N4O2. The molecule has 0 aliphatic rings. The van der Waals surface area contributed by atoms with E-state index in [0.29, 0.717) is 13.2 Å². The predicted molar refractivity (Wildman–Crippen MR) is 193 cm³/mol. The van der Waals surface area contributed by atoms with Gasteiger partial charge in [0.25, 0.3) is 0 Å².